The van der Waals surface area contributed by atoms with Crippen LogP contribution in [0.25, 0.3) is 11.1 Å². The lowest BCUT2D eigenvalue weighted by molar-refractivity contribution is -0.128. The van der Waals surface area contributed by atoms with Crippen LogP contribution in [0.4, 0.5) is 0 Å². The Morgan fingerprint density at radius 1 is 0.885 bits per heavy atom. The predicted molar refractivity (Wildman–Crippen MR) is 109 cm³/mol. The van der Waals surface area contributed by atoms with Crippen LogP contribution < -0.4 is 5.32 Å². The van der Waals surface area contributed by atoms with E-state index in [1.165, 1.54) is 0 Å². The number of benzene rings is 2. The summed E-state index contributed by atoms with van der Waals surface area (Å²) in [6, 6.07) is 18.3. The minimum atomic E-state index is -0.661. The van der Waals surface area contributed by atoms with Crippen molar-refractivity contribution in [2.45, 2.75) is 40.2 Å². The van der Waals surface area contributed by atoms with Crippen LogP contribution in [0, 0.1) is 5.41 Å². The summed E-state index contributed by atoms with van der Waals surface area (Å²) in [4.78, 5) is 13.3. The highest BCUT2D eigenvalue weighted by Crippen LogP contribution is 2.48. The first-order valence-electron chi connectivity index (χ1n) is 9.05. The van der Waals surface area contributed by atoms with Crippen LogP contribution in [-0.4, -0.2) is 5.91 Å². The van der Waals surface area contributed by atoms with Gasteiger partial charge in [-0.1, -0.05) is 61.2 Å². The molecule has 0 radical (unpaired) electrons. The van der Waals surface area contributed by atoms with Crippen molar-refractivity contribution in [3.8, 4) is 0 Å². The molecule has 2 aromatic rings. The fourth-order valence-electron chi connectivity index (χ4n) is 3.81. The third-order valence-corrected chi connectivity index (χ3v) is 5.46. The van der Waals surface area contributed by atoms with Gasteiger partial charge in [0.05, 0.1) is 11.0 Å². The molecule has 0 saturated heterocycles. The number of fused-ring (bicyclic) bond motifs is 1. The van der Waals surface area contributed by atoms with E-state index >= 15 is 0 Å². The predicted octanol–water partition coefficient (Wildman–Crippen LogP) is 5.56. The molecular formula is C24H27NO. The standard InChI is InChI=1S/C24H27NO/c1-16-17(2)21(20-15-11-10-14-19(16)20)23(3,4)22(26)25-24(5,6)18-12-8-7-9-13-18/h7-15H,1H2,2-6H3,(H,25,26). The molecule has 0 atom stereocenters. The maximum Gasteiger partial charge on any atom is 0.230 e. The first-order valence-corrected chi connectivity index (χ1v) is 9.05. The van der Waals surface area contributed by atoms with E-state index in [0.717, 1.165) is 33.4 Å². The van der Waals surface area contributed by atoms with Gasteiger partial charge in [0.2, 0.25) is 5.91 Å². The van der Waals surface area contributed by atoms with E-state index in [2.05, 4.69) is 31.0 Å². The van der Waals surface area contributed by atoms with Crippen molar-refractivity contribution in [3.05, 3.63) is 83.4 Å². The molecule has 2 aromatic carbocycles. The summed E-state index contributed by atoms with van der Waals surface area (Å²) in [6.45, 7) is 14.4. The van der Waals surface area contributed by atoms with Crippen molar-refractivity contribution >= 4 is 17.1 Å². The van der Waals surface area contributed by atoms with Crippen LogP contribution in [-0.2, 0) is 10.3 Å². The second-order valence-corrected chi connectivity index (χ2v) is 8.09. The number of amides is 1. The summed E-state index contributed by atoms with van der Waals surface area (Å²) in [5, 5.41) is 3.25. The summed E-state index contributed by atoms with van der Waals surface area (Å²) in [6.07, 6.45) is 0. The fourth-order valence-corrected chi connectivity index (χ4v) is 3.81. The number of hydrogen-bond donors (Lipinski definition) is 1. The van der Waals surface area contributed by atoms with E-state index in [1.54, 1.807) is 0 Å². The second-order valence-electron chi connectivity index (χ2n) is 8.09. The van der Waals surface area contributed by atoms with E-state index < -0.39 is 11.0 Å². The Bertz CT molecular complexity index is 901. The number of hydrogen-bond acceptors (Lipinski definition) is 1. The molecule has 2 nitrogen and oxygen atoms in total. The summed E-state index contributed by atoms with van der Waals surface area (Å²) < 4.78 is 0. The summed E-state index contributed by atoms with van der Waals surface area (Å²) in [7, 11) is 0. The van der Waals surface area contributed by atoms with Crippen molar-refractivity contribution in [3.63, 3.8) is 0 Å². The van der Waals surface area contributed by atoms with Gasteiger partial charge in [-0.25, -0.2) is 0 Å². The Morgan fingerprint density at radius 3 is 2.04 bits per heavy atom. The molecule has 0 bridgehead atoms. The molecule has 0 spiro atoms. The van der Waals surface area contributed by atoms with Gasteiger partial charge in [0.15, 0.2) is 0 Å². The van der Waals surface area contributed by atoms with Crippen molar-refractivity contribution < 1.29 is 4.79 Å². The van der Waals surface area contributed by atoms with Crippen LogP contribution in [0.15, 0.2) is 66.7 Å². The molecule has 26 heavy (non-hydrogen) atoms. The van der Waals surface area contributed by atoms with Gasteiger partial charge >= 0.3 is 0 Å². The molecule has 0 saturated carbocycles. The average Bonchev–Trinajstić information content (AvgIpc) is 2.87. The highest BCUT2D eigenvalue weighted by molar-refractivity contribution is 6.07. The largest absolute Gasteiger partial charge is 0.346 e. The minimum absolute atomic E-state index is 0.0187. The molecule has 0 unspecified atom stereocenters. The molecule has 2 heteroatoms. The van der Waals surface area contributed by atoms with Crippen LogP contribution >= 0.6 is 0 Å². The summed E-state index contributed by atoms with van der Waals surface area (Å²) in [5.74, 6) is 0.0187. The maximum atomic E-state index is 13.3. The number of nitrogens with one attached hydrogen (secondary N) is 1. The van der Waals surface area contributed by atoms with E-state index in [9.17, 15) is 4.79 Å². The van der Waals surface area contributed by atoms with Crippen LogP contribution in [0.2, 0.25) is 0 Å². The zero-order valence-corrected chi connectivity index (χ0v) is 16.3. The molecule has 1 amide bonds. The Morgan fingerprint density at radius 2 is 1.42 bits per heavy atom. The lowest BCUT2D eigenvalue weighted by atomic mass is 9.78. The molecule has 1 N–H and O–H groups in total. The van der Waals surface area contributed by atoms with Crippen molar-refractivity contribution in [2.24, 2.45) is 5.41 Å². The Kier molecular flexibility index (Phi) is 4.39. The molecular weight excluding hydrogens is 318 g/mol. The third-order valence-electron chi connectivity index (χ3n) is 5.46. The fraction of sp³-hybridized carbons (Fsp3) is 0.292. The van der Waals surface area contributed by atoms with Gasteiger partial charge in [-0.15, -0.1) is 0 Å². The zero-order valence-electron chi connectivity index (χ0n) is 16.3. The summed E-state index contributed by atoms with van der Waals surface area (Å²) >= 11 is 0. The van der Waals surface area contributed by atoms with Crippen molar-refractivity contribution in [2.75, 3.05) is 0 Å². The second kappa shape index (κ2) is 6.28. The highest BCUT2D eigenvalue weighted by Gasteiger charge is 2.40. The van der Waals surface area contributed by atoms with Crippen LogP contribution in [0.1, 0.15) is 51.3 Å². The van der Waals surface area contributed by atoms with Gasteiger partial charge in [-0.05, 0) is 68.0 Å². The molecule has 1 aliphatic rings. The molecule has 3 rings (SSSR count). The van der Waals surface area contributed by atoms with Gasteiger partial charge in [-0.3, -0.25) is 4.79 Å². The number of rotatable bonds is 4. The van der Waals surface area contributed by atoms with Crippen LogP contribution in [0.3, 0.4) is 0 Å². The lowest BCUT2D eigenvalue weighted by Gasteiger charge is -2.34. The first-order chi connectivity index (χ1) is 12.2. The molecule has 0 aliphatic heterocycles. The van der Waals surface area contributed by atoms with E-state index in [0.29, 0.717) is 0 Å². The quantitative estimate of drug-likeness (QED) is 0.772. The van der Waals surface area contributed by atoms with Gasteiger partial charge in [0.1, 0.15) is 0 Å². The SMILES string of the molecule is C=C1C(C)=C(C(C)(C)C(=O)NC(C)(C)c2ccccc2)c2ccccc21. The normalized spacial score (nSPS) is 14.4. The molecule has 0 heterocycles. The number of carbonyl (C=O) groups is 1. The van der Waals surface area contributed by atoms with Crippen LogP contribution in [0.5, 0.6) is 0 Å². The zero-order chi connectivity index (χ0) is 19.1. The third kappa shape index (κ3) is 2.90. The molecule has 1 aliphatic carbocycles. The van der Waals surface area contributed by atoms with Gasteiger partial charge < -0.3 is 5.32 Å². The number of carbonyl (C=O) groups excluding carboxylic acids is 1. The maximum absolute atomic E-state index is 13.3. The van der Waals surface area contributed by atoms with E-state index in [1.807, 2.05) is 70.2 Å². The van der Waals surface area contributed by atoms with Gasteiger partial charge in [0.25, 0.3) is 0 Å². The Labute approximate surface area is 156 Å². The van der Waals surface area contributed by atoms with Gasteiger partial charge in [0, 0.05) is 0 Å². The molecule has 0 aromatic heterocycles. The van der Waals surface area contributed by atoms with E-state index in [-0.39, 0.29) is 5.91 Å². The monoisotopic (exact) mass is 345 g/mol. The average molecular weight is 345 g/mol. The minimum Gasteiger partial charge on any atom is -0.346 e. The lowest BCUT2D eigenvalue weighted by Crippen LogP contribution is -2.47. The Hall–Kier alpha value is -2.61. The smallest absolute Gasteiger partial charge is 0.230 e. The highest BCUT2D eigenvalue weighted by atomic mass is 16.2. The number of allylic oxidation sites excluding steroid dienone is 2. The topological polar surface area (TPSA) is 29.1 Å². The first kappa shape index (κ1) is 18.2. The summed E-state index contributed by atoms with van der Waals surface area (Å²) in [5.41, 5.74) is 5.41. The molecule has 0 fully saturated rings. The van der Waals surface area contributed by atoms with E-state index in [4.69, 9.17) is 0 Å². The van der Waals surface area contributed by atoms with Crippen molar-refractivity contribution in [1.29, 1.82) is 0 Å². The Balaban J connectivity index is 1.96. The van der Waals surface area contributed by atoms with Gasteiger partial charge in [-0.2, -0.15) is 0 Å². The van der Waals surface area contributed by atoms with Crippen molar-refractivity contribution in [1.82, 2.24) is 5.32 Å². The molecule has 134 valence electrons.